The minimum Gasteiger partial charge on any atom is -0.619 e. The van der Waals surface area contributed by atoms with Gasteiger partial charge in [-0.3, -0.25) is 9.52 Å². The first-order valence-electron chi connectivity index (χ1n) is 9.40. The van der Waals surface area contributed by atoms with Crippen LogP contribution in [0.15, 0.2) is 65.7 Å². The van der Waals surface area contributed by atoms with Gasteiger partial charge in [0.1, 0.15) is 5.75 Å². The average molecular weight is 461 g/mol. The van der Waals surface area contributed by atoms with Crippen molar-refractivity contribution in [3.8, 4) is 5.75 Å². The Morgan fingerprint density at radius 2 is 1.77 bits per heavy atom. The van der Waals surface area contributed by atoms with Gasteiger partial charge in [-0.1, -0.05) is 11.6 Å². The molecule has 1 N–H and O–H groups in total. The molecule has 0 amide bonds. The van der Waals surface area contributed by atoms with Gasteiger partial charge in [0, 0.05) is 35.2 Å². The fourth-order valence-corrected chi connectivity index (χ4v) is 4.12. The second-order valence-electron chi connectivity index (χ2n) is 7.15. The van der Waals surface area contributed by atoms with E-state index in [0.29, 0.717) is 16.2 Å². The molecule has 0 aliphatic carbocycles. The second-order valence-corrected chi connectivity index (χ2v) is 9.26. The summed E-state index contributed by atoms with van der Waals surface area (Å²) >= 11 is 6.05. The van der Waals surface area contributed by atoms with Crippen molar-refractivity contribution >= 4 is 33.1 Å². The quantitative estimate of drug-likeness (QED) is 0.325. The molecular formula is C22H21ClN2O5S. The van der Waals surface area contributed by atoms with Crippen molar-refractivity contribution in [2.45, 2.75) is 31.8 Å². The maximum Gasteiger partial charge on any atom is 0.261 e. The number of hydrogen-bond acceptors (Lipinski definition) is 5. The van der Waals surface area contributed by atoms with Crippen molar-refractivity contribution in [2.24, 2.45) is 0 Å². The molecule has 0 fully saturated rings. The van der Waals surface area contributed by atoms with Gasteiger partial charge in [0.05, 0.1) is 16.7 Å². The Morgan fingerprint density at radius 3 is 2.39 bits per heavy atom. The van der Waals surface area contributed by atoms with E-state index in [0.717, 1.165) is 0 Å². The van der Waals surface area contributed by atoms with E-state index < -0.39 is 15.8 Å². The highest BCUT2D eigenvalue weighted by molar-refractivity contribution is 7.92. The number of nitrogens with one attached hydrogen (secondary N) is 1. The van der Waals surface area contributed by atoms with Crippen molar-refractivity contribution in [1.29, 1.82) is 0 Å². The predicted molar refractivity (Wildman–Crippen MR) is 118 cm³/mol. The lowest BCUT2D eigenvalue weighted by Crippen LogP contribution is -2.29. The van der Waals surface area contributed by atoms with Crippen molar-refractivity contribution in [1.82, 2.24) is 0 Å². The zero-order valence-electron chi connectivity index (χ0n) is 17.1. The number of benzene rings is 2. The Morgan fingerprint density at radius 1 is 1.10 bits per heavy atom. The Balaban J connectivity index is 1.94. The van der Waals surface area contributed by atoms with Crippen LogP contribution in [-0.2, 0) is 10.0 Å². The minimum absolute atomic E-state index is 0.0138. The number of carbonyl (C=O) groups excluding carboxylic acids is 1. The van der Waals surface area contributed by atoms with E-state index in [4.69, 9.17) is 16.3 Å². The van der Waals surface area contributed by atoms with E-state index >= 15 is 0 Å². The molecule has 2 aromatic carbocycles. The van der Waals surface area contributed by atoms with Gasteiger partial charge in [-0.2, -0.15) is 4.73 Å². The topological polar surface area (TPSA) is 99.4 Å². The van der Waals surface area contributed by atoms with E-state index in [2.05, 4.69) is 4.72 Å². The number of hydrogen-bond donors (Lipinski definition) is 1. The molecule has 1 aromatic heterocycles. The van der Waals surface area contributed by atoms with E-state index in [9.17, 15) is 18.4 Å². The van der Waals surface area contributed by atoms with Crippen molar-refractivity contribution in [3.05, 3.63) is 87.8 Å². The zero-order chi connectivity index (χ0) is 22.8. The molecule has 31 heavy (non-hydrogen) atoms. The zero-order valence-corrected chi connectivity index (χ0v) is 18.7. The lowest BCUT2D eigenvalue weighted by molar-refractivity contribution is -0.612. The Labute approximate surface area is 185 Å². The molecule has 0 saturated heterocycles. The fourth-order valence-electron chi connectivity index (χ4n) is 2.87. The third-order valence-corrected chi connectivity index (χ3v) is 5.96. The first-order valence-corrected chi connectivity index (χ1v) is 11.3. The number of sulfonamides is 1. The molecule has 0 bridgehead atoms. The molecule has 1 heterocycles. The highest BCUT2D eigenvalue weighted by Crippen LogP contribution is 2.27. The summed E-state index contributed by atoms with van der Waals surface area (Å²) in [5.74, 6) is 0.0796. The van der Waals surface area contributed by atoms with Crippen LogP contribution in [0, 0.1) is 12.1 Å². The van der Waals surface area contributed by atoms with Crippen molar-refractivity contribution < 1.29 is 22.7 Å². The van der Waals surface area contributed by atoms with Crippen molar-refractivity contribution in [3.63, 3.8) is 0 Å². The maximum absolute atomic E-state index is 13.0. The van der Waals surface area contributed by atoms with E-state index in [1.807, 2.05) is 13.8 Å². The standard InChI is InChI=1S/C22H21ClN2O5S/c1-14(2)30-18-5-7-19(8-6-18)31(28,29)24-21-9-4-17(23)13-20(21)22(26)16-10-11-25(27)15(3)12-16/h4-14,24H,1-3H3. The molecule has 0 radical (unpaired) electrons. The van der Waals surface area contributed by atoms with Gasteiger partial charge in [-0.05, 0) is 56.3 Å². The number of rotatable bonds is 7. The second kappa shape index (κ2) is 8.95. The van der Waals surface area contributed by atoms with Gasteiger partial charge < -0.3 is 9.94 Å². The van der Waals surface area contributed by atoms with Crippen LogP contribution in [0.1, 0.15) is 35.5 Å². The number of aryl methyl sites for hydroxylation is 1. The average Bonchev–Trinajstić information content (AvgIpc) is 2.70. The van der Waals surface area contributed by atoms with Crippen LogP contribution in [0.3, 0.4) is 0 Å². The summed E-state index contributed by atoms with van der Waals surface area (Å²) in [6.07, 6.45) is 1.18. The Hall–Kier alpha value is -3.10. The molecular weight excluding hydrogens is 440 g/mol. The fraction of sp³-hybridized carbons (Fsp3) is 0.182. The smallest absolute Gasteiger partial charge is 0.261 e. The molecule has 0 atom stereocenters. The van der Waals surface area contributed by atoms with Gasteiger partial charge >= 0.3 is 0 Å². The van der Waals surface area contributed by atoms with E-state index in [-0.39, 0.29) is 32.8 Å². The molecule has 9 heteroatoms. The number of ether oxygens (including phenoxy) is 1. The van der Waals surface area contributed by atoms with E-state index in [1.165, 1.54) is 48.7 Å². The number of anilines is 1. The third-order valence-electron chi connectivity index (χ3n) is 4.34. The summed E-state index contributed by atoms with van der Waals surface area (Å²) in [7, 11) is -3.98. The van der Waals surface area contributed by atoms with E-state index in [1.54, 1.807) is 19.1 Å². The molecule has 0 unspecified atom stereocenters. The largest absolute Gasteiger partial charge is 0.619 e. The first-order chi connectivity index (χ1) is 14.6. The van der Waals surface area contributed by atoms with Crippen LogP contribution in [0.5, 0.6) is 5.75 Å². The Kier molecular flexibility index (Phi) is 6.52. The number of aromatic nitrogens is 1. The summed E-state index contributed by atoms with van der Waals surface area (Å²) in [6.45, 7) is 5.31. The van der Waals surface area contributed by atoms with Gasteiger partial charge in [0.15, 0.2) is 17.7 Å². The lowest BCUT2D eigenvalue weighted by Gasteiger charge is -2.14. The lowest BCUT2D eigenvalue weighted by atomic mass is 10.0. The van der Waals surface area contributed by atoms with Crippen LogP contribution in [0.25, 0.3) is 0 Å². The SMILES string of the molecule is Cc1cc(C(=O)c2cc(Cl)ccc2NS(=O)(=O)c2ccc(OC(C)C)cc2)cc[n+]1[O-]. The molecule has 0 saturated carbocycles. The molecule has 162 valence electrons. The summed E-state index contributed by atoms with van der Waals surface area (Å²) < 4.78 is 34.4. The number of halogens is 1. The van der Waals surface area contributed by atoms with Crippen LogP contribution >= 0.6 is 11.6 Å². The first kappa shape index (κ1) is 22.6. The van der Waals surface area contributed by atoms with Crippen LogP contribution < -0.4 is 14.2 Å². The van der Waals surface area contributed by atoms with Gasteiger partial charge in [-0.15, -0.1) is 0 Å². The minimum atomic E-state index is -3.98. The summed E-state index contributed by atoms with van der Waals surface area (Å²) in [5, 5.41) is 11.8. The molecule has 0 aliphatic heterocycles. The molecule has 3 rings (SSSR count). The highest BCUT2D eigenvalue weighted by Gasteiger charge is 2.21. The Bertz CT molecular complexity index is 1230. The maximum atomic E-state index is 13.0. The molecule has 0 spiro atoms. The summed E-state index contributed by atoms with van der Waals surface area (Å²) in [4.78, 5) is 13.0. The number of ketones is 1. The number of nitrogens with zero attached hydrogens (tertiary/aromatic N) is 1. The number of carbonyl (C=O) groups is 1. The normalized spacial score (nSPS) is 11.4. The molecule has 3 aromatic rings. The van der Waals surface area contributed by atoms with Gasteiger partial charge in [0.2, 0.25) is 0 Å². The molecule has 0 aliphatic rings. The predicted octanol–water partition coefficient (Wildman–Crippen LogP) is 4.10. The van der Waals surface area contributed by atoms with Crippen LogP contribution in [0.4, 0.5) is 5.69 Å². The highest BCUT2D eigenvalue weighted by atomic mass is 35.5. The van der Waals surface area contributed by atoms with Gasteiger partial charge in [-0.25, -0.2) is 8.42 Å². The van der Waals surface area contributed by atoms with Crippen LogP contribution in [0.2, 0.25) is 5.02 Å². The number of pyridine rings is 1. The van der Waals surface area contributed by atoms with Crippen LogP contribution in [-0.4, -0.2) is 20.3 Å². The summed E-state index contributed by atoms with van der Waals surface area (Å²) in [6, 6.07) is 13.1. The third kappa shape index (κ3) is 5.34. The van der Waals surface area contributed by atoms with Gasteiger partial charge in [0.25, 0.3) is 10.0 Å². The monoisotopic (exact) mass is 460 g/mol. The van der Waals surface area contributed by atoms with Crippen molar-refractivity contribution in [2.75, 3.05) is 4.72 Å². The molecule has 7 nitrogen and oxygen atoms in total. The summed E-state index contributed by atoms with van der Waals surface area (Å²) in [5.41, 5.74) is 0.716.